The summed E-state index contributed by atoms with van der Waals surface area (Å²) < 4.78 is 0.733. The Kier molecular flexibility index (Phi) is 4.89. The molecule has 0 fully saturated rings. The zero-order valence-corrected chi connectivity index (χ0v) is 11.0. The first-order valence-corrected chi connectivity index (χ1v) is 5.96. The van der Waals surface area contributed by atoms with E-state index in [1.54, 1.807) is 18.3 Å². The highest BCUT2D eigenvalue weighted by Crippen LogP contribution is 2.11. The molecule has 88 valence electrons. The minimum absolute atomic E-state index is 0.169. The van der Waals surface area contributed by atoms with Crippen LogP contribution in [-0.4, -0.2) is 16.9 Å². The van der Waals surface area contributed by atoms with Gasteiger partial charge in [-0.1, -0.05) is 13.8 Å². The van der Waals surface area contributed by atoms with E-state index in [2.05, 4.69) is 26.2 Å². The fourth-order valence-electron chi connectivity index (χ4n) is 1.30. The molecule has 1 aromatic rings. The first-order chi connectivity index (χ1) is 7.49. The van der Waals surface area contributed by atoms with Crippen LogP contribution in [0.5, 0.6) is 0 Å². The van der Waals surface area contributed by atoms with Crippen LogP contribution in [0.15, 0.2) is 22.9 Å². The summed E-state index contributed by atoms with van der Waals surface area (Å²) in [6, 6.07) is 3.07. The number of nitrogens with one attached hydrogen (secondary N) is 1. The van der Waals surface area contributed by atoms with Gasteiger partial charge in [0.2, 0.25) is 5.91 Å². The molecule has 1 amide bonds. The lowest BCUT2D eigenvalue weighted by atomic mass is 10.0. The Morgan fingerprint density at radius 1 is 1.56 bits per heavy atom. The number of nitrogens with zero attached hydrogens (tertiary/aromatic N) is 1. The zero-order valence-electron chi connectivity index (χ0n) is 9.40. The van der Waals surface area contributed by atoms with Crippen LogP contribution in [-0.2, 0) is 4.79 Å². The number of pyridine rings is 1. The van der Waals surface area contributed by atoms with Gasteiger partial charge >= 0.3 is 0 Å². The van der Waals surface area contributed by atoms with Crippen molar-refractivity contribution in [2.24, 2.45) is 11.7 Å². The summed E-state index contributed by atoms with van der Waals surface area (Å²) in [5.74, 6) is 0.238. The quantitative estimate of drug-likeness (QED) is 0.833. The van der Waals surface area contributed by atoms with Crippen LogP contribution >= 0.6 is 15.9 Å². The third-order valence-electron chi connectivity index (χ3n) is 2.06. The molecular formula is C11H16BrN3O. The topological polar surface area (TPSA) is 68.0 Å². The van der Waals surface area contributed by atoms with Crippen molar-refractivity contribution in [1.29, 1.82) is 0 Å². The summed E-state index contributed by atoms with van der Waals surface area (Å²) in [4.78, 5) is 15.7. The average molecular weight is 286 g/mol. The zero-order chi connectivity index (χ0) is 12.1. The summed E-state index contributed by atoms with van der Waals surface area (Å²) in [7, 11) is 0. The average Bonchev–Trinajstić information content (AvgIpc) is 2.20. The normalized spacial score (nSPS) is 12.6. The summed E-state index contributed by atoms with van der Waals surface area (Å²) in [6.07, 6.45) is 2.26. The third-order valence-corrected chi connectivity index (χ3v) is 2.53. The van der Waals surface area contributed by atoms with Gasteiger partial charge in [-0.25, -0.2) is 4.98 Å². The second kappa shape index (κ2) is 5.96. The number of amides is 1. The van der Waals surface area contributed by atoms with E-state index < -0.39 is 6.04 Å². The first-order valence-electron chi connectivity index (χ1n) is 5.17. The maximum absolute atomic E-state index is 11.7. The SMILES string of the molecule is CC(C)C[C@@H](N)C(=O)Nc1ccc(Br)nc1. The van der Waals surface area contributed by atoms with Crippen molar-refractivity contribution in [2.75, 3.05) is 5.32 Å². The fraction of sp³-hybridized carbons (Fsp3) is 0.455. The van der Waals surface area contributed by atoms with Gasteiger partial charge in [0.1, 0.15) is 4.60 Å². The van der Waals surface area contributed by atoms with Gasteiger partial charge in [-0.05, 0) is 40.4 Å². The maximum Gasteiger partial charge on any atom is 0.241 e. The smallest absolute Gasteiger partial charge is 0.241 e. The van der Waals surface area contributed by atoms with Gasteiger partial charge in [0, 0.05) is 0 Å². The number of anilines is 1. The maximum atomic E-state index is 11.7. The van der Waals surface area contributed by atoms with E-state index in [1.165, 1.54) is 0 Å². The predicted octanol–water partition coefficient (Wildman–Crippen LogP) is 2.16. The highest BCUT2D eigenvalue weighted by molar-refractivity contribution is 9.10. The second-order valence-electron chi connectivity index (χ2n) is 4.09. The van der Waals surface area contributed by atoms with Crippen LogP contribution in [0.25, 0.3) is 0 Å². The van der Waals surface area contributed by atoms with Crippen molar-refractivity contribution in [2.45, 2.75) is 26.3 Å². The van der Waals surface area contributed by atoms with Crippen molar-refractivity contribution in [1.82, 2.24) is 4.98 Å². The number of carbonyl (C=O) groups excluding carboxylic acids is 1. The predicted molar refractivity (Wildman–Crippen MR) is 68.0 cm³/mol. The summed E-state index contributed by atoms with van der Waals surface area (Å²) in [6.45, 7) is 4.07. The van der Waals surface area contributed by atoms with E-state index in [0.717, 1.165) is 4.60 Å². The second-order valence-corrected chi connectivity index (χ2v) is 4.91. The molecule has 1 aromatic heterocycles. The number of hydrogen-bond acceptors (Lipinski definition) is 3. The number of nitrogens with two attached hydrogens (primary N) is 1. The Labute approximate surface area is 104 Å². The van der Waals surface area contributed by atoms with E-state index in [9.17, 15) is 4.79 Å². The van der Waals surface area contributed by atoms with Crippen molar-refractivity contribution >= 4 is 27.5 Å². The summed E-state index contributed by atoms with van der Waals surface area (Å²) in [5.41, 5.74) is 6.41. The molecule has 1 heterocycles. The lowest BCUT2D eigenvalue weighted by molar-refractivity contribution is -0.117. The van der Waals surface area contributed by atoms with E-state index in [1.807, 2.05) is 13.8 Å². The van der Waals surface area contributed by atoms with Crippen LogP contribution in [0.2, 0.25) is 0 Å². The van der Waals surface area contributed by atoms with Crippen molar-refractivity contribution < 1.29 is 4.79 Å². The highest BCUT2D eigenvalue weighted by atomic mass is 79.9. The van der Waals surface area contributed by atoms with Crippen LogP contribution in [0, 0.1) is 5.92 Å². The van der Waals surface area contributed by atoms with Gasteiger partial charge < -0.3 is 11.1 Å². The Morgan fingerprint density at radius 3 is 2.75 bits per heavy atom. The number of halogens is 1. The summed E-state index contributed by atoms with van der Waals surface area (Å²) in [5, 5.41) is 2.73. The lowest BCUT2D eigenvalue weighted by Crippen LogP contribution is -2.36. The molecule has 0 bridgehead atoms. The molecule has 0 aliphatic carbocycles. The number of carbonyl (C=O) groups is 1. The largest absolute Gasteiger partial charge is 0.323 e. The van der Waals surface area contributed by atoms with Crippen LogP contribution < -0.4 is 11.1 Å². The van der Waals surface area contributed by atoms with Crippen molar-refractivity contribution in [3.8, 4) is 0 Å². The van der Waals surface area contributed by atoms with Crippen LogP contribution in [0.3, 0.4) is 0 Å². The van der Waals surface area contributed by atoms with Gasteiger partial charge in [0.05, 0.1) is 17.9 Å². The Hall–Kier alpha value is -0.940. The summed E-state index contributed by atoms with van der Waals surface area (Å²) >= 11 is 3.22. The molecule has 4 nitrogen and oxygen atoms in total. The van der Waals surface area contributed by atoms with E-state index in [4.69, 9.17) is 5.73 Å². The van der Waals surface area contributed by atoms with Crippen LogP contribution in [0.1, 0.15) is 20.3 Å². The molecule has 3 N–H and O–H groups in total. The molecule has 0 radical (unpaired) electrons. The molecule has 0 saturated carbocycles. The minimum Gasteiger partial charge on any atom is -0.323 e. The van der Waals surface area contributed by atoms with Gasteiger partial charge in [-0.15, -0.1) is 0 Å². The molecule has 0 saturated heterocycles. The fourth-order valence-corrected chi connectivity index (χ4v) is 1.53. The molecule has 0 unspecified atom stereocenters. The molecule has 5 heteroatoms. The molecular weight excluding hydrogens is 270 g/mol. The monoisotopic (exact) mass is 285 g/mol. The molecule has 0 aliphatic heterocycles. The minimum atomic E-state index is -0.469. The van der Waals surface area contributed by atoms with E-state index in [0.29, 0.717) is 18.0 Å². The van der Waals surface area contributed by atoms with Crippen molar-refractivity contribution in [3.63, 3.8) is 0 Å². The lowest BCUT2D eigenvalue weighted by Gasteiger charge is -2.13. The third kappa shape index (κ3) is 4.28. The molecule has 0 aliphatic rings. The van der Waals surface area contributed by atoms with E-state index >= 15 is 0 Å². The van der Waals surface area contributed by atoms with Gasteiger partial charge in [-0.2, -0.15) is 0 Å². The van der Waals surface area contributed by atoms with Gasteiger partial charge in [0.15, 0.2) is 0 Å². The molecule has 1 rings (SSSR count). The number of aromatic nitrogens is 1. The molecule has 0 aromatic carbocycles. The van der Waals surface area contributed by atoms with E-state index in [-0.39, 0.29) is 5.91 Å². The van der Waals surface area contributed by atoms with Crippen LogP contribution in [0.4, 0.5) is 5.69 Å². The molecule has 0 spiro atoms. The Morgan fingerprint density at radius 2 is 2.25 bits per heavy atom. The highest BCUT2D eigenvalue weighted by Gasteiger charge is 2.14. The Balaban J connectivity index is 2.54. The number of rotatable bonds is 4. The standard InChI is InChI=1S/C11H16BrN3O/c1-7(2)5-9(13)11(16)15-8-3-4-10(12)14-6-8/h3-4,6-7,9H,5,13H2,1-2H3,(H,15,16)/t9-/m1/s1. The van der Waals surface area contributed by atoms with Gasteiger partial charge in [-0.3, -0.25) is 4.79 Å². The van der Waals surface area contributed by atoms with Crippen molar-refractivity contribution in [3.05, 3.63) is 22.9 Å². The first kappa shape index (κ1) is 13.1. The molecule has 16 heavy (non-hydrogen) atoms. The van der Waals surface area contributed by atoms with Gasteiger partial charge in [0.25, 0.3) is 0 Å². The molecule has 1 atom stereocenters. The number of hydrogen-bond donors (Lipinski definition) is 2. The Bertz CT molecular complexity index is 351.